The molecule has 3 N–H and O–H groups in total. The summed E-state index contributed by atoms with van der Waals surface area (Å²) in [6.07, 6.45) is -6.46. The fourth-order valence-corrected chi connectivity index (χ4v) is 2.80. The monoisotopic (exact) mass is 409 g/mol. The van der Waals surface area contributed by atoms with E-state index in [4.69, 9.17) is 24.7 Å². The van der Waals surface area contributed by atoms with E-state index in [0.29, 0.717) is 5.56 Å². The van der Waals surface area contributed by atoms with Crippen LogP contribution in [-0.2, 0) is 28.5 Å². The van der Waals surface area contributed by atoms with E-state index in [9.17, 15) is 24.3 Å². The SMILES string of the molecule is CC(=O)OC[C@H]1O[C@H](N)[C@H](OC(=O)c2ccc(C(C)=O)cc2)[C@@H](O)[C@@H]1OC(C)=O. The summed E-state index contributed by atoms with van der Waals surface area (Å²) < 4.78 is 20.6. The van der Waals surface area contributed by atoms with E-state index in [1.165, 1.54) is 38.1 Å². The van der Waals surface area contributed by atoms with Gasteiger partial charge in [-0.25, -0.2) is 4.79 Å². The first kappa shape index (κ1) is 22.5. The van der Waals surface area contributed by atoms with E-state index in [0.717, 1.165) is 6.92 Å². The molecule has 1 saturated heterocycles. The molecule has 0 amide bonds. The lowest BCUT2D eigenvalue weighted by Gasteiger charge is -2.41. The van der Waals surface area contributed by atoms with Crippen LogP contribution in [0.4, 0.5) is 0 Å². The van der Waals surface area contributed by atoms with Crippen molar-refractivity contribution in [3.8, 4) is 0 Å². The molecule has 1 heterocycles. The second-order valence-corrected chi connectivity index (χ2v) is 6.51. The first-order chi connectivity index (χ1) is 13.6. The van der Waals surface area contributed by atoms with Crippen molar-refractivity contribution in [2.75, 3.05) is 6.61 Å². The number of esters is 3. The van der Waals surface area contributed by atoms with Crippen LogP contribution < -0.4 is 5.73 Å². The summed E-state index contributed by atoms with van der Waals surface area (Å²) in [6, 6.07) is 5.72. The van der Waals surface area contributed by atoms with Crippen molar-refractivity contribution in [3.63, 3.8) is 0 Å². The van der Waals surface area contributed by atoms with E-state index < -0.39 is 48.6 Å². The molecule has 0 spiro atoms. The third-order valence-electron chi connectivity index (χ3n) is 4.22. The van der Waals surface area contributed by atoms with Gasteiger partial charge in [-0.05, 0) is 19.1 Å². The van der Waals surface area contributed by atoms with Gasteiger partial charge in [0.2, 0.25) is 0 Å². The van der Waals surface area contributed by atoms with Gasteiger partial charge < -0.3 is 29.8 Å². The number of carbonyl (C=O) groups excluding carboxylic acids is 4. The number of rotatable bonds is 6. The maximum atomic E-state index is 12.4. The van der Waals surface area contributed by atoms with Gasteiger partial charge in [0.15, 0.2) is 18.0 Å². The largest absolute Gasteiger partial charge is 0.463 e. The van der Waals surface area contributed by atoms with Gasteiger partial charge in [0.25, 0.3) is 0 Å². The fourth-order valence-electron chi connectivity index (χ4n) is 2.80. The number of carbonyl (C=O) groups is 4. The van der Waals surface area contributed by atoms with Crippen molar-refractivity contribution < 1.29 is 43.2 Å². The lowest BCUT2D eigenvalue weighted by atomic mass is 9.98. The van der Waals surface area contributed by atoms with Gasteiger partial charge >= 0.3 is 17.9 Å². The fraction of sp³-hybridized carbons (Fsp3) is 0.474. The Labute approximate surface area is 166 Å². The predicted octanol–water partition coefficient (Wildman–Crippen LogP) is -0.0461. The molecule has 1 aliphatic heterocycles. The van der Waals surface area contributed by atoms with Crippen molar-refractivity contribution in [3.05, 3.63) is 35.4 Å². The minimum Gasteiger partial charge on any atom is -0.463 e. The molecule has 0 radical (unpaired) electrons. The van der Waals surface area contributed by atoms with Crippen LogP contribution in [0.5, 0.6) is 0 Å². The Hall–Kier alpha value is -2.82. The molecule has 2 rings (SSSR count). The highest BCUT2D eigenvalue weighted by Crippen LogP contribution is 2.25. The molecule has 1 fully saturated rings. The first-order valence-corrected chi connectivity index (χ1v) is 8.81. The van der Waals surface area contributed by atoms with Gasteiger partial charge in [-0.15, -0.1) is 0 Å². The molecule has 1 aliphatic rings. The lowest BCUT2D eigenvalue weighted by Crippen LogP contribution is -2.63. The van der Waals surface area contributed by atoms with E-state index in [2.05, 4.69) is 0 Å². The zero-order chi connectivity index (χ0) is 21.7. The third kappa shape index (κ3) is 5.83. The molecule has 0 bridgehead atoms. The second-order valence-electron chi connectivity index (χ2n) is 6.51. The summed E-state index contributed by atoms with van der Waals surface area (Å²) in [7, 11) is 0. The molecule has 158 valence electrons. The van der Waals surface area contributed by atoms with Gasteiger partial charge in [0.05, 0.1) is 5.56 Å². The van der Waals surface area contributed by atoms with Gasteiger partial charge in [0.1, 0.15) is 25.0 Å². The third-order valence-corrected chi connectivity index (χ3v) is 4.22. The number of benzene rings is 1. The van der Waals surface area contributed by atoms with Gasteiger partial charge in [0, 0.05) is 19.4 Å². The maximum Gasteiger partial charge on any atom is 0.338 e. The van der Waals surface area contributed by atoms with Crippen molar-refractivity contribution in [2.45, 2.75) is 51.4 Å². The Kier molecular flexibility index (Phi) is 7.43. The van der Waals surface area contributed by atoms with Gasteiger partial charge in [-0.1, -0.05) is 12.1 Å². The first-order valence-electron chi connectivity index (χ1n) is 8.81. The van der Waals surface area contributed by atoms with E-state index in [1.54, 1.807) is 0 Å². The topological polar surface area (TPSA) is 151 Å². The molecular weight excluding hydrogens is 386 g/mol. The number of ether oxygens (including phenoxy) is 4. The van der Waals surface area contributed by atoms with Crippen LogP contribution in [0.15, 0.2) is 24.3 Å². The normalized spacial score (nSPS) is 26.3. The van der Waals surface area contributed by atoms with E-state index in [1.807, 2.05) is 0 Å². The quantitative estimate of drug-likeness (QED) is 0.372. The number of nitrogens with two attached hydrogens (primary N) is 1. The Morgan fingerprint density at radius 2 is 1.55 bits per heavy atom. The highest BCUT2D eigenvalue weighted by Gasteiger charge is 2.48. The summed E-state index contributed by atoms with van der Waals surface area (Å²) in [4.78, 5) is 46.2. The highest BCUT2D eigenvalue weighted by atomic mass is 16.6. The van der Waals surface area contributed by atoms with Crippen LogP contribution >= 0.6 is 0 Å². The van der Waals surface area contributed by atoms with E-state index in [-0.39, 0.29) is 18.0 Å². The summed E-state index contributed by atoms with van der Waals surface area (Å²) in [6.45, 7) is 3.39. The number of Topliss-reactive ketones (excluding diaryl/α,β-unsaturated/α-hetero) is 1. The van der Waals surface area contributed by atoms with Crippen molar-refractivity contribution in [1.82, 2.24) is 0 Å². The zero-order valence-corrected chi connectivity index (χ0v) is 16.2. The number of hydrogen-bond acceptors (Lipinski definition) is 10. The summed E-state index contributed by atoms with van der Waals surface area (Å²) >= 11 is 0. The lowest BCUT2D eigenvalue weighted by molar-refractivity contribution is -0.238. The average molecular weight is 409 g/mol. The standard InChI is InChI=1S/C19H23NO9/c1-9(21)12-4-6-13(7-5-12)19(25)29-17-15(24)16(27-11(3)23)14(28-18(17)20)8-26-10(2)22/h4-7,14-18,24H,8,20H2,1-3H3/t14-,15+,16-,17-,18+/m1/s1. The number of hydrogen-bond donors (Lipinski definition) is 2. The summed E-state index contributed by atoms with van der Waals surface area (Å²) in [5.74, 6) is -2.29. The molecule has 0 unspecified atom stereocenters. The molecule has 29 heavy (non-hydrogen) atoms. The van der Waals surface area contributed by atoms with Crippen molar-refractivity contribution >= 4 is 23.7 Å². The van der Waals surface area contributed by atoms with Crippen LogP contribution in [-0.4, -0.2) is 66.0 Å². The molecule has 1 aromatic rings. The van der Waals surface area contributed by atoms with Crippen LogP contribution in [0.3, 0.4) is 0 Å². The summed E-state index contributed by atoms with van der Waals surface area (Å²) in [5.41, 5.74) is 6.41. The molecule has 10 heteroatoms. The van der Waals surface area contributed by atoms with Crippen molar-refractivity contribution in [2.24, 2.45) is 5.73 Å². The van der Waals surface area contributed by atoms with Crippen LogP contribution in [0.2, 0.25) is 0 Å². The predicted molar refractivity (Wildman–Crippen MR) is 96.7 cm³/mol. The van der Waals surface area contributed by atoms with Crippen LogP contribution in [0.1, 0.15) is 41.5 Å². The van der Waals surface area contributed by atoms with Crippen molar-refractivity contribution in [1.29, 1.82) is 0 Å². The van der Waals surface area contributed by atoms with Crippen LogP contribution in [0.25, 0.3) is 0 Å². The smallest absolute Gasteiger partial charge is 0.338 e. The van der Waals surface area contributed by atoms with Crippen LogP contribution in [0, 0.1) is 0 Å². The Bertz CT molecular complexity index is 776. The number of aliphatic hydroxyl groups is 1. The molecule has 0 aliphatic carbocycles. The summed E-state index contributed by atoms with van der Waals surface area (Å²) in [5, 5.41) is 10.6. The minimum atomic E-state index is -1.52. The second kappa shape index (κ2) is 9.59. The molecule has 10 nitrogen and oxygen atoms in total. The molecule has 0 saturated carbocycles. The maximum absolute atomic E-state index is 12.4. The number of aliphatic hydroxyl groups excluding tert-OH is 1. The highest BCUT2D eigenvalue weighted by molar-refractivity contribution is 5.96. The van der Waals surface area contributed by atoms with E-state index >= 15 is 0 Å². The molecule has 0 aromatic heterocycles. The Morgan fingerprint density at radius 1 is 0.966 bits per heavy atom. The minimum absolute atomic E-state index is 0.125. The average Bonchev–Trinajstić information content (AvgIpc) is 2.65. The number of ketones is 1. The zero-order valence-electron chi connectivity index (χ0n) is 16.2. The van der Waals surface area contributed by atoms with Gasteiger partial charge in [-0.2, -0.15) is 0 Å². The molecule has 1 aromatic carbocycles. The molecular formula is C19H23NO9. The Morgan fingerprint density at radius 3 is 2.07 bits per heavy atom. The van der Waals surface area contributed by atoms with Gasteiger partial charge in [-0.3, -0.25) is 14.4 Å². The molecule has 5 atom stereocenters. The Balaban J connectivity index is 2.14.